The van der Waals surface area contributed by atoms with Gasteiger partial charge in [0.05, 0.1) is 12.7 Å². The smallest absolute Gasteiger partial charge is 0.266 e. The number of carbonyl (C=O) groups excluding carboxylic acids is 2. The second kappa shape index (κ2) is 8.31. The van der Waals surface area contributed by atoms with Crippen LogP contribution < -0.4 is 26.2 Å². The topological polar surface area (TPSA) is 110 Å². The summed E-state index contributed by atoms with van der Waals surface area (Å²) in [7, 11) is 1.61. The molecule has 8 nitrogen and oxygen atoms in total. The van der Waals surface area contributed by atoms with Gasteiger partial charge in [0.2, 0.25) is 0 Å². The minimum absolute atomic E-state index is 0.0560. The summed E-state index contributed by atoms with van der Waals surface area (Å²) in [5.74, 6) is 6.35. The quantitative estimate of drug-likeness (QED) is 0.396. The molecule has 0 spiro atoms. The molecule has 158 valence electrons. The molecular weight excluding hydrogens is 382 g/mol. The minimum Gasteiger partial charge on any atom is -0.496 e. The number of nitrogens with one attached hydrogen (secondary N) is 2. The van der Waals surface area contributed by atoms with E-state index < -0.39 is 0 Å². The Morgan fingerprint density at radius 2 is 1.87 bits per heavy atom. The van der Waals surface area contributed by atoms with E-state index in [1.165, 1.54) is 0 Å². The zero-order valence-corrected chi connectivity index (χ0v) is 17.2. The maximum Gasteiger partial charge on any atom is 0.266 e. The van der Waals surface area contributed by atoms with Crippen molar-refractivity contribution in [1.82, 2.24) is 15.7 Å². The van der Waals surface area contributed by atoms with Crippen LogP contribution >= 0.6 is 0 Å². The zero-order chi connectivity index (χ0) is 21.3. The average molecular weight is 409 g/mol. The molecule has 1 aromatic heterocycles. The Bertz CT molecular complexity index is 932. The molecule has 0 saturated carbocycles. The fourth-order valence-corrected chi connectivity index (χ4v) is 4.77. The Morgan fingerprint density at radius 3 is 2.47 bits per heavy atom. The van der Waals surface area contributed by atoms with Gasteiger partial charge in [-0.05, 0) is 56.9 Å². The molecule has 2 aromatic rings. The van der Waals surface area contributed by atoms with Crippen molar-refractivity contribution in [2.45, 2.75) is 50.7 Å². The van der Waals surface area contributed by atoms with Gasteiger partial charge in [-0.1, -0.05) is 6.07 Å². The first-order chi connectivity index (χ1) is 14.5. The summed E-state index contributed by atoms with van der Waals surface area (Å²) in [5, 5.41) is 3.22. The number of hydrogen-bond acceptors (Lipinski definition) is 6. The van der Waals surface area contributed by atoms with Gasteiger partial charge in [0, 0.05) is 35.4 Å². The van der Waals surface area contributed by atoms with Gasteiger partial charge in [-0.25, -0.2) is 10.8 Å². The first kappa shape index (κ1) is 20.2. The number of hydrazine groups is 1. The van der Waals surface area contributed by atoms with E-state index in [0.717, 1.165) is 42.8 Å². The normalized spacial score (nSPS) is 22.5. The number of rotatable bonds is 5. The standard InChI is InChI=1S/C22H27N5O3/c1-13-18(4-3-5-19(13)30-2)22(29)25-15-10-16-7-8-17(11-15)27(16)20-9-6-14(12-24-20)21(28)26-23/h3-6,9,12,15-17H,7-8,10-11,23H2,1-2H3,(H,25,29)(H,26,28)/t15-,16+,17-. The van der Waals surface area contributed by atoms with Gasteiger partial charge < -0.3 is 15.0 Å². The van der Waals surface area contributed by atoms with Crippen LogP contribution in [0, 0.1) is 6.92 Å². The van der Waals surface area contributed by atoms with Crippen molar-refractivity contribution in [2.24, 2.45) is 5.84 Å². The average Bonchev–Trinajstić information content (AvgIpc) is 3.03. The van der Waals surface area contributed by atoms with E-state index in [0.29, 0.717) is 23.2 Å². The summed E-state index contributed by atoms with van der Waals surface area (Å²) in [6.45, 7) is 1.90. The summed E-state index contributed by atoms with van der Waals surface area (Å²) in [6.07, 6.45) is 5.44. The Balaban J connectivity index is 1.44. The van der Waals surface area contributed by atoms with Crippen molar-refractivity contribution >= 4 is 17.6 Å². The Labute approximate surface area is 175 Å². The SMILES string of the molecule is COc1cccc(C(=O)N[C@H]2C[C@H]3CC[C@@H](C2)N3c2ccc(C(=O)NN)cn2)c1C. The van der Waals surface area contributed by atoms with Crippen molar-refractivity contribution < 1.29 is 14.3 Å². The highest BCUT2D eigenvalue weighted by Crippen LogP contribution is 2.38. The number of piperidine rings is 1. The molecule has 0 aliphatic carbocycles. The van der Waals surface area contributed by atoms with Crippen LogP contribution in [0.3, 0.4) is 0 Å². The van der Waals surface area contributed by atoms with Crippen LogP contribution in [0.25, 0.3) is 0 Å². The molecule has 3 atom stereocenters. The lowest BCUT2D eigenvalue weighted by Gasteiger charge is -2.40. The summed E-state index contributed by atoms with van der Waals surface area (Å²) in [6, 6.07) is 9.91. The molecule has 2 saturated heterocycles. The molecule has 1 aromatic carbocycles. The summed E-state index contributed by atoms with van der Waals surface area (Å²) in [5.41, 5.74) is 4.06. The fourth-order valence-electron chi connectivity index (χ4n) is 4.77. The third-order valence-electron chi connectivity index (χ3n) is 6.22. The molecule has 2 amide bonds. The van der Waals surface area contributed by atoms with Crippen LogP contribution in [0.1, 0.15) is 52.0 Å². The lowest BCUT2D eigenvalue weighted by molar-refractivity contribution is 0.0924. The van der Waals surface area contributed by atoms with E-state index in [4.69, 9.17) is 10.6 Å². The number of carbonyl (C=O) groups is 2. The second-order valence-corrected chi connectivity index (χ2v) is 7.95. The van der Waals surface area contributed by atoms with Crippen molar-refractivity contribution in [2.75, 3.05) is 12.0 Å². The van der Waals surface area contributed by atoms with Gasteiger partial charge in [0.25, 0.3) is 11.8 Å². The van der Waals surface area contributed by atoms with Crippen LogP contribution in [0.2, 0.25) is 0 Å². The molecule has 3 heterocycles. The van der Waals surface area contributed by atoms with Gasteiger partial charge in [-0.15, -0.1) is 0 Å². The van der Waals surface area contributed by atoms with Crippen LogP contribution in [0.4, 0.5) is 5.82 Å². The Hall–Kier alpha value is -3.13. The number of pyridine rings is 1. The third-order valence-corrected chi connectivity index (χ3v) is 6.22. The zero-order valence-electron chi connectivity index (χ0n) is 17.2. The number of nitrogens with two attached hydrogens (primary N) is 1. The molecule has 0 unspecified atom stereocenters. The number of benzene rings is 1. The lowest BCUT2D eigenvalue weighted by atomic mass is 9.96. The predicted molar refractivity (Wildman–Crippen MR) is 113 cm³/mol. The molecule has 2 fully saturated rings. The van der Waals surface area contributed by atoms with Gasteiger partial charge in [-0.2, -0.15) is 0 Å². The number of methoxy groups -OCH3 is 1. The number of aromatic nitrogens is 1. The van der Waals surface area contributed by atoms with Gasteiger partial charge in [-0.3, -0.25) is 15.0 Å². The third kappa shape index (κ3) is 3.70. The van der Waals surface area contributed by atoms with Crippen LogP contribution in [0.5, 0.6) is 5.75 Å². The van der Waals surface area contributed by atoms with Crippen molar-refractivity contribution in [3.8, 4) is 5.75 Å². The molecular formula is C22H27N5O3. The summed E-state index contributed by atoms with van der Waals surface area (Å²) in [4.78, 5) is 31.3. The van der Waals surface area contributed by atoms with Crippen LogP contribution in [-0.2, 0) is 0 Å². The predicted octanol–water partition coefficient (Wildman–Crippen LogP) is 1.93. The number of anilines is 1. The van der Waals surface area contributed by atoms with Crippen molar-refractivity contribution in [3.05, 3.63) is 53.2 Å². The molecule has 30 heavy (non-hydrogen) atoms. The Kier molecular flexibility index (Phi) is 5.59. The molecule has 2 bridgehead atoms. The highest BCUT2D eigenvalue weighted by atomic mass is 16.5. The highest BCUT2D eigenvalue weighted by Gasteiger charge is 2.41. The molecule has 0 radical (unpaired) electrons. The van der Waals surface area contributed by atoms with Gasteiger partial charge >= 0.3 is 0 Å². The molecule has 4 N–H and O–H groups in total. The second-order valence-electron chi connectivity index (χ2n) is 7.95. The molecule has 2 aliphatic rings. The number of hydrogen-bond donors (Lipinski definition) is 3. The van der Waals surface area contributed by atoms with Crippen molar-refractivity contribution in [1.29, 1.82) is 0 Å². The van der Waals surface area contributed by atoms with E-state index in [9.17, 15) is 9.59 Å². The Morgan fingerprint density at radius 1 is 1.13 bits per heavy atom. The lowest BCUT2D eigenvalue weighted by Crippen LogP contribution is -2.50. The maximum atomic E-state index is 12.9. The van der Waals surface area contributed by atoms with Gasteiger partial charge in [0.1, 0.15) is 11.6 Å². The molecule has 4 rings (SSSR count). The first-order valence-corrected chi connectivity index (χ1v) is 10.2. The number of nitrogens with zero attached hydrogens (tertiary/aromatic N) is 2. The van der Waals surface area contributed by atoms with Gasteiger partial charge in [0.15, 0.2) is 0 Å². The van der Waals surface area contributed by atoms with E-state index in [2.05, 4.69) is 20.6 Å². The van der Waals surface area contributed by atoms with Crippen molar-refractivity contribution in [3.63, 3.8) is 0 Å². The molecule has 2 aliphatic heterocycles. The molecule has 8 heteroatoms. The van der Waals surface area contributed by atoms with E-state index in [1.807, 2.05) is 31.2 Å². The fraction of sp³-hybridized carbons (Fsp3) is 0.409. The monoisotopic (exact) mass is 409 g/mol. The van der Waals surface area contributed by atoms with E-state index >= 15 is 0 Å². The minimum atomic E-state index is -0.355. The van der Waals surface area contributed by atoms with E-state index in [-0.39, 0.29) is 17.9 Å². The largest absolute Gasteiger partial charge is 0.496 e. The number of amides is 2. The van der Waals surface area contributed by atoms with E-state index in [1.54, 1.807) is 19.4 Å². The number of ether oxygens (including phenoxy) is 1. The maximum absolute atomic E-state index is 12.9. The van der Waals surface area contributed by atoms with Crippen LogP contribution in [-0.4, -0.2) is 42.0 Å². The van der Waals surface area contributed by atoms with Crippen LogP contribution in [0.15, 0.2) is 36.5 Å². The summed E-state index contributed by atoms with van der Waals surface area (Å²) >= 11 is 0. The first-order valence-electron chi connectivity index (χ1n) is 10.2. The summed E-state index contributed by atoms with van der Waals surface area (Å²) < 4.78 is 5.34. The number of nitrogen functional groups attached to an aromatic ring is 1. The highest BCUT2D eigenvalue weighted by molar-refractivity contribution is 5.96. The number of fused-ring (bicyclic) bond motifs is 2.